The van der Waals surface area contributed by atoms with Crippen molar-refractivity contribution in [3.63, 3.8) is 0 Å². The van der Waals surface area contributed by atoms with E-state index in [-0.39, 0.29) is 22.9 Å². The zero-order chi connectivity index (χ0) is 17.8. The van der Waals surface area contributed by atoms with Crippen LogP contribution in [0.2, 0.25) is 0 Å². The van der Waals surface area contributed by atoms with Crippen LogP contribution in [0.4, 0.5) is 5.95 Å². The Bertz CT molecular complexity index is 963. The van der Waals surface area contributed by atoms with Gasteiger partial charge in [-0.25, -0.2) is 9.97 Å². The van der Waals surface area contributed by atoms with Gasteiger partial charge in [0.05, 0.1) is 11.9 Å². The number of carbonyl (C=O) groups excluding carboxylic acids is 1. The number of aromatic amines is 1. The largest absolute Gasteiger partial charge is 0.369 e. The molecule has 128 valence electrons. The number of nitrogens with one attached hydrogen (secondary N) is 1. The van der Waals surface area contributed by atoms with E-state index >= 15 is 0 Å². The Balaban J connectivity index is 1.72. The lowest BCUT2D eigenvalue weighted by Crippen LogP contribution is -2.14. The van der Waals surface area contributed by atoms with Crippen molar-refractivity contribution in [3.8, 4) is 0 Å². The number of aromatic nitrogens is 4. The highest BCUT2D eigenvalue weighted by Gasteiger charge is 2.08. The molecule has 1 aromatic carbocycles. The van der Waals surface area contributed by atoms with Crippen LogP contribution in [0.1, 0.15) is 41.4 Å². The number of Topliss-reactive ketones (excluding diaryl/α,β-unsaturated/α-hetero) is 1. The van der Waals surface area contributed by atoms with E-state index in [9.17, 15) is 9.59 Å². The molecule has 2 aromatic heterocycles. The third-order valence-corrected chi connectivity index (χ3v) is 3.91. The fourth-order valence-electron chi connectivity index (χ4n) is 2.59. The Morgan fingerprint density at radius 1 is 1.16 bits per heavy atom. The van der Waals surface area contributed by atoms with Gasteiger partial charge in [0, 0.05) is 12.0 Å². The molecule has 0 unspecified atom stereocenters. The lowest BCUT2D eigenvalue weighted by molar-refractivity contribution is 0.0981. The van der Waals surface area contributed by atoms with Gasteiger partial charge in [-0.2, -0.15) is 4.98 Å². The van der Waals surface area contributed by atoms with E-state index in [0.717, 1.165) is 24.0 Å². The molecule has 0 spiro atoms. The summed E-state index contributed by atoms with van der Waals surface area (Å²) in [6, 6.07) is 7.62. The van der Waals surface area contributed by atoms with E-state index in [4.69, 9.17) is 5.73 Å². The van der Waals surface area contributed by atoms with Crippen molar-refractivity contribution in [2.45, 2.75) is 32.6 Å². The SMILES string of the molecule is CCCC(=O)c1ccc(CCc2cnc3nc(N)[nH]c(=O)c3n2)cc1. The minimum absolute atomic E-state index is 0.0252. The first-order valence-corrected chi connectivity index (χ1v) is 8.20. The summed E-state index contributed by atoms with van der Waals surface area (Å²) in [5.41, 5.74) is 8.07. The smallest absolute Gasteiger partial charge is 0.280 e. The number of benzene rings is 1. The van der Waals surface area contributed by atoms with Gasteiger partial charge in [0.15, 0.2) is 16.9 Å². The molecule has 0 fully saturated rings. The van der Waals surface area contributed by atoms with E-state index in [1.165, 1.54) is 0 Å². The highest BCUT2D eigenvalue weighted by Crippen LogP contribution is 2.11. The topological polar surface area (TPSA) is 115 Å². The van der Waals surface area contributed by atoms with Crippen LogP contribution in [-0.2, 0) is 12.8 Å². The molecule has 0 aliphatic heterocycles. The van der Waals surface area contributed by atoms with Gasteiger partial charge >= 0.3 is 0 Å². The van der Waals surface area contributed by atoms with Gasteiger partial charge in [-0.15, -0.1) is 0 Å². The molecule has 0 aliphatic carbocycles. The van der Waals surface area contributed by atoms with Crippen molar-refractivity contribution < 1.29 is 4.79 Å². The first kappa shape index (κ1) is 16.8. The van der Waals surface area contributed by atoms with E-state index in [1.54, 1.807) is 6.20 Å². The number of aryl methyl sites for hydroxylation is 2. The highest BCUT2D eigenvalue weighted by molar-refractivity contribution is 5.96. The van der Waals surface area contributed by atoms with E-state index in [0.29, 0.717) is 18.5 Å². The average Bonchev–Trinajstić information content (AvgIpc) is 2.61. The van der Waals surface area contributed by atoms with Crippen molar-refractivity contribution in [2.75, 3.05) is 5.73 Å². The van der Waals surface area contributed by atoms with E-state index in [1.807, 2.05) is 31.2 Å². The van der Waals surface area contributed by atoms with Gasteiger partial charge in [-0.1, -0.05) is 31.2 Å². The molecule has 7 nitrogen and oxygen atoms in total. The lowest BCUT2D eigenvalue weighted by atomic mass is 10.0. The Morgan fingerprint density at radius 3 is 2.64 bits per heavy atom. The van der Waals surface area contributed by atoms with Crippen LogP contribution in [0.15, 0.2) is 35.3 Å². The third kappa shape index (κ3) is 3.88. The average molecular weight is 337 g/mol. The van der Waals surface area contributed by atoms with Crippen LogP contribution >= 0.6 is 0 Å². The van der Waals surface area contributed by atoms with Crippen LogP contribution in [0, 0.1) is 0 Å². The molecule has 3 N–H and O–H groups in total. The van der Waals surface area contributed by atoms with E-state index < -0.39 is 5.56 Å². The van der Waals surface area contributed by atoms with Crippen molar-refractivity contribution in [3.05, 3.63) is 57.6 Å². The summed E-state index contributed by atoms with van der Waals surface area (Å²) in [5, 5.41) is 0. The first-order valence-electron chi connectivity index (χ1n) is 8.20. The zero-order valence-corrected chi connectivity index (χ0v) is 14.0. The number of fused-ring (bicyclic) bond motifs is 1. The summed E-state index contributed by atoms with van der Waals surface area (Å²) in [6.07, 6.45) is 4.39. The van der Waals surface area contributed by atoms with Gasteiger partial charge in [0.2, 0.25) is 5.95 Å². The van der Waals surface area contributed by atoms with Gasteiger partial charge in [0.25, 0.3) is 5.56 Å². The van der Waals surface area contributed by atoms with Crippen molar-refractivity contribution in [2.24, 2.45) is 0 Å². The number of hydrogen-bond donors (Lipinski definition) is 2. The van der Waals surface area contributed by atoms with E-state index in [2.05, 4.69) is 19.9 Å². The number of hydrogen-bond acceptors (Lipinski definition) is 6. The molecule has 3 aromatic rings. The number of carbonyl (C=O) groups is 1. The van der Waals surface area contributed by atoms with Crippen molar-refractivity contribution in [1.82, 2.24) is 19.9 Å². The molecule has 0 aliphatic rings. The number of H-pyrrole nitrogens is 1. The van der Waals surface area contributed by atoms with Crippen LogP contribution in [0.25, 0.3) is 11.2 Å². The fourth-order valence-corrected chi connectivity index (χ4v) is 2.59. The summed E-state index contributed by atoms with van der Waals surface area (Å²) in [5.74, 6) is 0.192. The van der Waals surface area contributed by atoms with Gasteiger partial charge in [-0.3, -0.25) is 14.6 Å². The Hall–Kier alpha value is -3.09. The molecule has 0 bridgehead atoms. The minimum atomic E-state index is -0.393. The number of nitrogen functional groups attached to an aromatic ring is 1. The second kappa shape index (κ2) is 7.21. The summed E-state index contributed by atoms with van der Waals surface area (Å²) >= 11 is 0. The van der Waals surface area contributed by atoms with Gasteiger partial charge < -0.3 is 5.73 Å². The summed E-state index contributed by atoms with van der Waals surface area (Å²) < 4.78 is 0. The summed E-state index contributed by atoms with van der Waals surface area (Å²) in [6.45, 7) is 1.99. The quantitative estimate of drug-likeness (QED) is 0.665. The van der Waals surface area contributed by atoms with Gasteiger partial charge in [-0.05, 0) is 24.8 Å². The van der Waals surface area contributed by atoms with Crippen LogP contribution < -0.4 is 11.3 Å². The third-order valence-electron chi connectivity index (χ3n) is 3.91. The number of nitrogens with zero attached hydrogens (tertiary/aromatic N) is 3. The Kier molecular flexibility index (Phi) is 4.83. The maximum Gasteiger partial charge on any atom is 0.280 e. The normalized spacial score (nSPS) is 10.9. The Morgan fingerprint density at radius 2 is 1.92 bits per heavy atom. The van der Waals surface area contributed by atoms with Crippen molar-refractivity contribution in [1.29, 1.82) is 0 Å². The van der Waals surface area contributed by atoms with Crippen LogP contribution in [-0.4, -0.2) is 25.7 Å². The molecule has 0 amide bonds. The monoisotopic (exact) mass is 337 g/mol. The molecular weight excluding hydrogens is 318 g/mol. The van der Waals surface area contributed by atoms with Crippen LogP contribution in [0.3, 0.4) is 0 Å². The highest BCUT2D eigenvalue weighted by atomic mass is 16.1. The molecule has 0 saturated heterocycles. The molecule has 25 heavy (non-hydrogen) atoms. The summed E-state index contributed by atoms with van der Waals surface area (Å²) in [7, 11) is 0. The molecule has 0 atom stereocenters. The molecule has 0 radical (unpaired) electrons. The first-order chi connectivity index (χ1) is 12.1. The molecular formula is C18H19N5O2. The molecule has 2 heterocycles. The molecule has 3 rings (SSSR count). The number of anilines is 1. The molecule has 7 heteroatoms. The van der Waals surface area contributed by atoms with Crippen molar-refractivity contribution >= 4 is 22.9 Å². The second-order valence-electron chi connectivity index (χ2n) is 5.85. The summed E-state index contributed by atoms with van der Waals surface area (Å²) in [4.78, 5) is 38.6. The fraction of sp³-hybridized carbons (Fsp3) is 0.278. The number of nitrogens with two attached hydrogens (primary N) is 1. The predicted octanol–water partition coefficient (Wildman–Crippen LogP) is 2.06. The minimum Gasteiger partial charge on any atom is -0.369 e. The maximum atomic E-state index is 11.9. The standard InChI is InChI=1S/C18H19N5O2/c1-2-3-14(24)12-7-4-11(5-8-12)6-9-13-10-20-16-15(21-13)17(25)23-18(19)22-16/h4-5,7-8,10H,2-3,6,9H2,1H3,(H3,19,20,22,23,25). The molecule has 0 saturated carbocycles. The van der Waals surface area contributed by atoms with Gasteiger partial charge in [0.1, 0.15) is 0 Å². The lowest BCUT2D eigenvalue weighted by Gasteiger charge is -2.04. The van der Waals surface area contributed by atoms with Crippen LogP contribution in [0.5, 0.6) is 0 Å². The number of ketones is 1. The number of rotatable bonds is 6. The predicted molar refractivity (Wildman–Crippen MR) is 95.5 cm³/mol. The maximum absolute atomic E-state index is 11.9. The zero-order valence-electron chi connectivity index (χ0n) is 14.0. The second-order valence-corrected chi connectivity index (χ2v) is 5.85. The Labute approximate surface area is 144 Å².